The van der Waals surface area contributed by atoms with Gasteiger partial charge in [0.1, 0.15) is 49.3 Å². The fourth-order valence-corrected chi connectivity index (χ4v) is 11.8. The second-order valence-corrected chi connectivity index (χ2v) is 23.3. The summed E-state index contributed by atoms with van der Waals surface area (Å²) in [6.45, 7) is -0.0194. The molecule has 1 amide bonds. The van der Waals surface area contributed by atoms with Crippen molar-refractivity contribution in [1.29, 1.82) is 0 Å². The summed E-state index contributed by atoms with van der Waals surface area (Å²) in [4.78, 5) is 36.3. The van der Waals surface area contributed by atoms with Crippen LogP contribution in [0.25, 0.3) is 11.0 Å². The van der Waals surface area contributed by atoms with Crippen LogP contribution in [0.4, 0.5) is 17.6 Å². The van der Waals surface area contributed by atoms with Crippen LogP contribution in [0.1, 0.15) is 99.6 Å². The summed E-state index contributed by atoms with van der Waals surface area (Å²) in [7, 11) is -2.74. The van der Waals surface area contributed by atoms with Crippen LogP contribution in [0.2, 0.25) is 30.1 Å². The summed E-state index contributed by atoms with van der Waals surface area (Å²) < 4.78 is 66.7. The Hall–Kier alpha value is -6.04. The van der Waals surface area contributed by atoms with Gasteiger partial charge in [0, 0.05) is 49.5 Å². The van der Waals surface area contributed by atoms with E-state index in [9.17, 15) is 42.3 Å². The van der Waals surface area contributed by atoms with Crippen molar-refractivity contribution in [3.8, 4) is 0 Å². The largest absolute Gasteiger partial charge is 0.492 e. The van der Waals surface area contributed by atoms with E-state index < -0.39 is 69.3 Å². The molecule has 0 radical (unpaired) electrons. The molecule has 2 atom stereocenters. The second-order valence-electron chi connectivity index (χ2n) is 20.9. The van der Waals surface area contributed by atoms with Crippen LogP contribution in [-0.4, -0.2) is 88.2 Å². The SMILES string of the molecule is C.CC1(c2cc(Cl)c(Cl)c(Cl)c2)CC(c2ccc(C(=O)NCc3ccc4c(c3)B(O)OC4(CF)CF)c3cccn23)=NO1.CC1(c2cc(Cl)c(Cl)c(Cl)c2)CC(c2ccc(C(=O)O)c3cccn23)=NO1.Cl.NCc1ccc2c(c1)B(O)OC2(CF)CF. The number of pyridine rings is 2. The molecule has 0 aliphatic carbocycles. The van der Waals surface area contributed by atoms with Crippen LogP contribution in [0.3, 0.4) is 0 Å². The summed E-state index contributed by atoms with van der Waals surface area (Å²) in [5.41, 5.74) is 9.40. The molecule has 0 bridgehead atoms. The molecule has 4 aromatic carbocycles. The van der Waals surface area contributed by atoms with Gasteiger partial charge in [-0.1, -0.05) is 124 Å². The Morgan fingerprint density at radius 3 is 1.44 bits per heavy atom. The van der Waals surface area contributed by atoms with E-state index >= 15 is 0 Å². The number of nitrogens with zero attached hydrogens (tertiary/aromatic N) is 4. The zero-order valence-electron chi connectivity index (χ0n) is 45.2. The molecule has 4 aromatic heterocycles. The van der Waals surface area contributed by atoms with Gasteiger partial charge in [-0.25, -0.2) is 22.4 Å². The van der Waals surface area contributed by atoms with Crippen LogP contribution in [0.5, 0.6) is 0 Å². The van der Waals surface area contributed by atoms with Gasteiger partial charge in [0.2, 0.25) is 0 Å². The first-order chi connectivity index (χ1) is 40.5. The zero-order chi connectivity index (χ0) is 60.9. The third-order valence-corrected chi connectivity index (χ3v) is 17.7. The summed E-state index contributed by atoms with van der Waals surface area (Å²) in [5.74, 6) is -1.31. The van der Waals surface area contributed by atoms with E-state index in [0.717, 1.165) is 28.1 Å². The molecule has 0 fully saturated rings. The van der Waals surface area contributed by atoms with Crippen LogP contribution in [0, 0.1) is 0 Å². The molecule has 87 heavy (non-hydrogen) atoms. The van der Waals surface area contributed by atoms with Crippen molar-refractivity contribution < 1.29 is 61.3 Å². The summed E-state index contributed by atoms with van der Waals surface area (Å²) in [6.07, 6.45) is 4.51. The Morgan fingerprint density at radius 1 is 0.621 bits per heavy atom. The molecule has 8 aromatic rings. The number of oxime groups is 2. The molecule has 6 N–H and O–H groups in total. The lowest BCUT2D eigenvalue weighted by Crippen LogP contribution is -2.33. The summed E-state index contributed by atoms with van der Waals surface area (Å²) in [6, 6.07) is 30.5. The number of carboxylic acid groups (broad SMARTS) is 1. The smallest absolute Gasteiger partial charge is 0.478 e. The quantitative estimate of drug-likeness (QED) is 0.0420. The lowest BCUT2D eigenvalue weighted by atomic mass is 9.77. The minimum atomic E-state index is -1.81. The third-order valence-electron chi connectivity index (χ3n) is 15.3. The van der Waals surface area contributed by atoms with E-state index in [2.05, 4.69) is 15.6 Å². The fraction of sp³-hybridized carbons (Fsp3) is 0.254. The Bertz CT molecular complexity index is 3980. The van der Waals surface area contributed by atoms with Gasteiger partial charge in [-0.3, -0.25) is 4.79 Å². The Kier molecular flexibility index (Phi) is 20.4. The molecular weight excluding hydrogens is 1280 g/mol. The molecular formula is C59H53B2Cl7F4N6O9. The molecule has 12 rings (SSSR count). The highest BCUT2D eigenvalue weighted by Gasteiger charge is 2.49. The van der Waals surface area contributed by atoms with Crippen molar-refractivity contribution in [3.63, 3.8) is 0 Å². The first-order valence-corrected chi connectivity index (χ1v) is 28.3. The Labute approximate surface area is 533 Å². The lowest BCUT2D eigenvalue weighted by molar-refractivity contribution is -0.00755. The number of fused-ring (bicyclic) bond motifs is 4. The maximum Gasteiger partial charge on any atom is 0.492 e. The highest BCUT2D eigenvalue weighted by atomic mass is 35.5. The number of hydrogen-bond acceptors (Lipinski definition) is 11. The van der Waals surface area contributed by atoms with Crippen molar-refractivity contribution in [1.82, 2.24) is 14.1 Å². The normalized spacial score (nSPS) is 18.4. The predicted molar refractivity (Wildman–Crippen MR) is 334 cm³/mol. The molecule has 2 unspecified atom stereocenters. The Morgan fingerprint density at radius 2 is 1.02 bits per heavy atom. The standard InChI is InChI=1S/C29H23BCl3F2N3O4.C19H13Cl3N2O3.C10H12BF2NO2.CH4.ClH/c1-28(17-10-21(31)26(33)22(32)11-17)12-23(37-42-28)25-7-5-18(24-3-2-8-38(24)25)27(39)36-13-16-4-6-19-20(9-16)30(40)41-29(19,14-34)15-35;1-19(10-7-12(20)17(22)13(21)8-10)9-14(23-27-19)16-5-4-11(18(25)26)15-3-2-6-24(15)16;12-5-10(6-13)8-2-1-7(4-14)3-9(8)11(15)16-10;;/h2-11,40H,12-15H2,1H3,(H,36,39);2-8H,9H2,1H3,(H,25,26);1-3,15H,4-6,14H2;1H4;1H. The third kappa shape index (κ3) is 12.5. The van der Waals surface area contributed by atoms with Crippen LogP contribution in [-0.2, 0) is 54.5 Å². The number of aromatic carboxylic acids is 1. The van der Waals surface area contributed by atoms with Crippen molar-refractivity contribution >= 4 is 142 Å². The minimum Gasteiger partial charge on any atom is -0.478 e. The molecule has 8 heterocycles. The van der Waals surface area contributed by atoms with E-state index in [4.69, 9.17) is 94.3 Å². The molecule has 0 saturated carbocycles. The number of carboxylic acids is 1. The van der Waals surface area contributed by atoms with Crippen molar-refractivity contribution in [3.05, 3.63) is 208 Å². The minimum absolute atomic E-state index is 0. The number of rotatable bonds is 13. The monoisotopic (exact) mass is 1330 g/mol. The molecule has 28 heteroatoms. The van der Waals surface area contributed by atoms with Crippen molar-refractivity contribution in [2.45, 2.75) is 69.6 Å². The number of aromatic nitrogens is 2. The number of carbonyl (C=O) groups excluding carboxylic acids is 1. The van der Waals surface area contributed by atoms with Gasteiger partial charge in [0.25, 0.3) is 5.91 Å². The lowest BCUT2D eigenvalue weighted by Gasteiger charge is -2.23. The number of amides is 1. The molecule has 456 valence electrons. The number of benzene rings is 4. The van der Waals surface area contributed by atoms with Gasteiger partial charge in [0.15, 0.2) is 11.2 Å². The number of hydrogen-bond donors (Lipinski definition) is 5. The zero-order valence-corrected chi connectivity index (χ0v) is 50.6. The topological polar surface area (TPSA) is 203 Å². The predicted octanol–water partition coefficient (Wildman–Crippen LogP) is 12.4. The number of alkyl halides is 4. The van der Waals surface area contributed by atoms with E-state index in [1.165, 1.54) is 6.07 Å². The number of nitrogens with one attached hydrogen (secondary N) is 1. The molecule has 0 spiro atoms. The number of halogens is 11. The van der Waals surface area contributed by atoms with Gasteiger partial charge >= 0.3 is 20.2 Å². The van der Waals surface area contributed by atoms with Crippen LogP contribution < -0.4 is 22.0 Å². The molecule has 0 saturated heterocycles. The van der Waals surface area contributed by atoms with Crippen LogP contribution in [0.15, 0.2) is 132 Å². The van der Waals surface area contributed by atoms with E-state index in [1.807, 2.05) is 36.6 Å². The first-order valence-electron chi connectivity index (χ1n) is 26.0. The van der Waals surface area contributed by atoms with Gasteiger partial charge in [-0.05, 0) is 120 Å². The maximum absolute atomic E-state index is 13.6. The van der Waals surface area contributed by atoms with Crippen molar-refractivity contribution in [2.75, 3.05) is 26.7 Å². The number of carbonyl (C=O) groups is 2. The van der Waals surface area contributed by atoms with E-state index in [0.29, 0.717) is 89.1 Å². The first kappa shape index (κ1) is 66.9. The average Bonchev–Trinajstić information content (AvgIpc) is 2.07. The van der Waals surface area contributed by atoms with E-state index in [-0.39, 0.29) is 53.9 Å². The highest BCUT2D eigenvalue weighted by molar-refractivity contribution is 6.62. The fourth-order valence-electron chi connectivity index (χ4n) is 10.6. The van der Waals surface area contributed by atoms with Crippen LogP contribution >= 0.6 is 82.0 Å². The van der Waals surface area contributed by atoms with E-state index in [1.54, 1.807) is 102 Å². The highest BCUT2D eigenvalue weighted by Crippen LogP contribution is 2.44. The number of nitrogens with two attached hydrogens (primary N) is 1. The van der Waals surface area contributed by atoms with Crippen molar-refractivity contribution in [2.24, 2.45) is 16.0 Å². The summed E-state index contributed by atoms with van der Waals surface area (Å²) in [5, 5.41) is 42.5. The summed E-state index contributed by atoms with van der Waals surface area (Å²) >= 11 is 37.0. The molecule has 4 aliphatic heterocycles. The van der Waals surface area contributed by atoms with Gasteiger partial charge in [0.05, 0.1) is 63.7 Å². The second kappa shape index (κ2) is 26.6. The van der Waals surface area contributed by atoms with Gasteiger partial charge in [-0.15, -0.1) is 12.4 Å². The molecule has 15 nitrogen and oxygen atoms in total. The maximum atomic E-state index is 13.6. The average molecular weight is 1340 g/mol. The Balaban J connectivity index is 0.000000186. The molecule has 4 aliphatic rings. The van der Waals surface area contributed by atoms with Gasteiger partial charge in [-0.2, -0.15) is 0 Å². The van der Waals surface area contributed by atoms with Gasteiger partial charge < -0.3 is 54.0 Å².